The van der Waals surface area contributed by atoms with Gasteiger partial charge in [0.25, 0.3) is 0 Å². The van der Waals surface area contributed by atoms with E-state index in [0.29, 0.717) is 34.8 Å². The van der Waals surface area contributed by atoms with Crippen LogP contribution in [-0.4, -0.2) is 24.7 Å². The molecule has 0 bridgehead atoms. The zero-order valence-corrected chi connectivity index (χ0v) is 14.9. The molecule has 0 saturated carbocycles. The van der Waals surface area contributed by atoms with Crippen molar-refractivity contribution in [1.29, 1.82) is 0 Å². The Balaban J connectivity index is 1.88. The first-order valence-electron chi connectivity index (χ1n) is 8.60. The third-order valence-corrected chi connectivity index (χ3v) is 4.18. The predicted molar refractivity (Wildman–Crippen MR) is 101 cm³/mol. The molecule has 4 aromatic rings. The van der Waals surface area contributed by atoms with Crippen LogP contribution in [0.25, 0.3) is 33.0 Å². The van der Waals surface area contributed by atoms with E-state index in [1.165, 1.54) is 6.07 Å². The minimum atomic E-state index is -0.312. The number of aromatic nitrogens is 5. The Morgan fingerprint density at radius 1 is 1.21 bits per heavy atom. The lowest BCUT2D eigenvalue weighted by molar-refractivity contribution is 0.589. The van der Waals surface area contributed by atoms with E-state index >= 15 is 0 Å². The lowest BCUT2D eigenvalue weighted by Crippen LogP contribution is -2.05. The lowest BCUT2D eigenvalue weighted by Gasteiger charge is -2.04. The summed E-state index contributed by atoms with van der Waals surface area (Å²) in [5.41, 5.74) is 10.9. The SMILES string of the molecule is CCc1[c]c(N=[N+]=[N-])nc(-c2nn(Cc3ccccc3F)c3ncccc23)n1. The Morgan fingerprint density at radius 3 is 2.86 bits per heavy atom. The number of benzene rings is 1. The van der Waals surface area contributed by atoms with E-state index in [1.54, 1.807) is 35.1 Å². The van der Waals surface area contributed by atoms with Crippen LogP contribution in [-0.2, 0) is 13.0 Å². The summed E-state index contributed by atoms with van der Waals surface area (Å²) in [4.78, 5) is 15.9. The van der Waals surface area contributed by atoms with E-state index in [9.17, 15) is 4.39 Å². The number of hydrogen-bond donors (Lipinski definition) is 0. The molecule has 8 nitrogen and oxygen atoms in total. The highest BCUT2D eigenvalue weighted by molar-refractivity contribution is 5.89. The molecular weight excluding hydrogens is 359 g/mol. The zero-order valence-electron chi connectivity index (χ0n) is 14.9. The average Bonchev–Trinajstić information content (AvgIpc) is 3.08. The van der Waals surface area contributed by atoms with Gasteiger partial charge in [-0.25, -0.2) is 24.0 Å². The molecule has 3 aromatic heterocycles. The van der Waals surface area contributed by atoms with Crippen molar-refractivity contribution in [2.45, 2.75) is 19.9 Å². The normalized spacial score (nSPS) is 10.8. The van der Waals surface area contributed by atoms with Gasteiger partial charge in [-0.1, -0.05) is 25.1 Å². The molecule has 1 aromatic carbocycles. The first kappa shape index (κ1) is 17.6. The van der Waals surface area contributed by atoms with E-state index in [4.69, 9.17) is 5.53 Å². The second-order valence-corrected chi connectivity index (χ2v) is 5.96. The lowest BCUT2D eigenvalue weighted by atomic mass is 10.2. The van der Waals surface area contributed by atoms with Crippen LogP contribution in [0.4, 0.5) is 10.2 Å². The fraction of sp³-hybridized carbons (Fsp3) is 0.158. The van der Waals surface area contributed by atoms with Gasteiger partial charge in [-0.3, -0.25) is 0 Å². The summed E-state index contributed by atoms with van der Waals surface area (Å²) in [7, 11) is 0. The topological polar surface area (TPSA) is 105 Å². The monoisotopic (exact) mass is 373 g/mol. The molecule has 137 valence electrons. The van der Waals surface area contributed by atoms with Gasteiger partial charge in [0.2, 0.25) is 0 Å². The Hall–Kier alpha value is -3.84. The highest BCUT2D eigenvalue weighted by Crippen LogP contribution is 2.27. The predicted octanol–water partition coefficient (Wildman–Crippen LogP) is 4.38. The van der Waals surface area contributed by atoms with Crippen LogP contribution >= 0.6 is 0 Å². The molecule has 28 heavy (non-hydrogen) atoms. The second-order valence-electron chi connectivity index (χ2n) is 5.96. The van der Waals surface area contributed by atoms with Crippen molar-refractivity contribution in [3.8, 4) is 11.5 Å². The summed E-state index contributed by atoms with van der Waals surface area (Å²) >= 11 is 0. The van der Waals surface area contributed by atoms with Gasteiger partial charge in [-0.2, -0.15) is 5.10 Å². The van der Waals surface area contributed by atoms with Crippen molar-refractivity contribution >= 4 is 16.9 Å². The molecule has 0 spiro atoms. The number of aryl methyl sites for hydroxylation is 1. The van der Waals surface area contributed by atoms with Crippen LogP contribution in [0.3, 0.4) is 0 Å². The standard InChI is InChI=1S/C19H14FN8/c1-2-13-10-16(25-27-21)24-18(23-13)17-14-7-5-9-22-19(14)28(26-17)11-12-6-3-4-8-15(12)20/h3-9H,2,11H2,1H3. The van der Waals surface area contributed by atoms with E-state index in [-0.39, 0.29) is 18.2 Å². The van der Waals surface area contributed by atoms with Crippen LogP contribution < -0.4 is 0 Å². The van der Waals surface area contributed by atoms with E-state index in [1.807, 2.05) is 13.0 Å². The second kappa shape index (κ2) is 7.42. The van der Waals surface area contributed by atoms with Gasteiger partial charge >= 0.3 is 0 Å². The summed E-state index contributed by atoms with van der Waals surface area (Å²) in [6, 6.07) is 13.0. The first-order chi connectivity index (χ1) is 13.7. The van der Waals surface area contributed by atoms with Gasteiger partial charge < -0.3 is 0 Å². The summed E-state index contributed by atoms with van der Waals surface area (Å²) in [5, 5.41) is 8.85. The van der Waals surface area contributed by atoms with Gasteiger partial charge in [0, 0.05) is 22.7 Å². The summed E-state index contributed by atoms with van der Waals surface area (Å²) in [6.07, 6.45) is 2.24. The highest BCUT2D eigenvalue weighted by Gasteiger charge is 2.17. The maximum atomic E-state index is 14.1. The quantitative estimate of drug-likeness (QED) is 0.294. The van der Waals surface area contributed by atoms with Crippen LogP contribution in [0.2, 0.25) is 0 Å². The van der Waals surface area contributed by atoms with E-state index in [2.05, 4.69) is 36.1 Å². The number of pyridine rings is 1. The van der Waals surface area contributed by atoms with Crippen molar-refractivity contribution in [1.82, 2.24) is 24.7 Å². The maximum absolute atomic E-state index is 14.1. The smallest absolute Gasteiger partial charge is 0.181 e. The molecule has 0 aliphatic rings. The van der Waals surface area contributed by atoms with Crippen LogP contribution in [0.5, 0.6) is 0 Å². The van der Waals surface area contributed by atoms with E-state index < -0.39 is 0 Å². The van der Waals surface area contributed by atoms with Gasteiger partial charge in [0.05, 0.1) is 17.6 Å². The molecular formula is C19H14FN8. The van der Waals surface area contributed by atoms with Crippen molar-refractivity contribution in [3.63, 3.8) is 0 Å². The van der Waals surface area contributed by atoms with Gasteiger partial charge in [-0.15, -0.1) is 0 Å². The molecule has 4 rings (SSSR count). The van der Waals surface area contributed by atoms with Crippen molar-refractivity contribution < 1.29 is 4.39 Å². The number of halogens is 1. The zero-order chi connectivity index (χ0) is 19.5. The Bertz CT molecular complexity index is 1210. The van der Waals surface area contributed by atoms with Crippen LogP contribution in [0.1, 0.15) is 18.2 Å². The largest absolute Gasteiger partial charge is 0.242 e. The molecule has 0 atom stereocenters. The molecule has 3 heterocycles. The summed E-state index contributed by atoms with van der Waals surface area (Å²) in [6.45, 7) is 2.13. The van der Waals surface area contributed by atoms with Crippen molar-refractivity contribution in [3.05, 3.63) is 76.2 Å². The third-order valence-electron chi connectivity index (χ3n) is 4.18. The Morgan fingerprint density at radius 2 is 2.07 bits per heavy atom. The number of nitrogens with zero attached hydrogens (tertiary/aromatic N) is 8. The Labute approximate surface area is 159 Å². The number of fused-ring (bicyclic) bond motifs is 1. The third kappa shape index (κ3) is 3.26. The number of rotatable bonds is 5. The molecule has 0 saturated heterocycles. The van der Waals surface area contributed by atoms with Crippen LogP contribution in [0.15, 0.2) is 47.7 Å². The highest BCUT2D eigenvalue weighted by atomic mass is 19.1. The fourth-order valence-electron chi connectivity index (χ4n) is 2.87. The Kier molecular flexibility index (Phi) is 4.65. The minimum absolute atomic E-state index is 0.102. The average molecular weight is 373 g/mol. The summed E-state index contributed by atoms with van der Waals surface area (Å²) < 4.78 is 15.7. The molecule has 0 N–H and O–H groups in total. The van der Waals surface area contributed by atoms with Gasteiger partial charge in [0.15, 0.2) is 11.5 Å². The first-order valence-corrected chi connectivity index (χ1v) is 8.60. The van der Waals surface area contributed by atoms with Gasteiger partial charge in [0.1, 0.15) is 17.3 Å². The van der Waals surface area contributed by atoms with Gasteiger partial charge in [-0.05, 0) is 35.3 Å². The summed E-state index contributed by atoms with van der Waals surface area (Å²) in [5.74, 6) is 0.0985. The molecule has 0 amide bonds. The van der Waals surface area contributed by atoms with Crippen LogP contribution in [0, 0.1) is 11.9 Å². The van der Waals surface area contributed by atoms with Crippen molar-refractivity contribution in [2.75, 3.05) is 0 Å². The fourth-order valence-corrected chi connectivity index (χ4v) is 2.87. The molecule has 0 unspecified atom stereocenters. The van der Waals surface area contributed by atoms with E-state index in [0.717, 1.165) is 5.39 Å². The minimum Gasteiger partial charge on any atom is -0.242 e. The molecule has 1 radical (unpaired) electrons. The number of hydrogen-bond acceptors (Lipinski definition) is 5. The molecule has 0 aliphatic heterocycles. The maximum Gasteiger partial charge on any atom is 0.181 e. The molecule has 0 aliphatic carbocycles. The molecule has 9 heteroatoms. The molecule has 0 fully saturated rings. The van der Waals surface area contributed by atoms with Crippen molar-refractivity contribution in [2.24, 2.45) is 5.11 Å². The number of azide groups is 1.